The van der Waals surface area contributed by atoms with Crippen LogP contribution in [0.3, 0.4) is 0 Å². The van der Waals surface area contributed by atoms with Crippen molar-refractivity contribution in [3.05, 3.63) is 87.4 Å². The first-order valence-corrected chi connectivity index (χ1v) is 9.60. The van der Waals surface area contributed by atoms with Crippen LogP contribution < -0.4 is 19.9 Å². The van der Waals surface area contributed by atoms with Crippen LogP contribution in [0, 0.1) is 11.3 Å². The molecule has 1 aliphatic rings. The van der Waals surface area contributed by atoms with Gasteiger partial charge in [-0.1, -0.05) is 24.3 Å². The van der Waals surface area contributed by atoms with E-state index in [-0.39, 0.29) is 5.88 Å². The summed E-state index contributed by atoms with van der Waals surface area (Å²) in [4.78, 5) is 12.7. The molecule has 2 N–H and O–H groups in total. The largest absolute Gasteiger partial charge is 0.497 e. The Morgan fingerprint density at radius 1 is 1.17 bits per heavy atom. The molecule has 4 rings (SSSR count). The molecule has 144 valence electrons. The van der Waals surface area contributed by atoms with Crippen LogP contribution in [0.5, 0.6) is 17.2 Å². The number of carbonyl (C=O) groups is 1. The minimum absolute atomic E-state index is 0.0227. The lowest BCUT2D eigenvalue weighted by molar-refractivity contribution is 0.0739. The molecule has 0 fully saturated rings. The summed E-state index contributed by atoms with van der Waals surface area (Å²) in [6, 6.07) is 18.1. The first-order chi connectivity index (χ1) is 14.1. The van der Waals surface area contributed by atoms with E-state index in [9.17, 15) is 10.1 Å². The number of ether oxygens (including phenoxy) is 3. The minimum atomic E-state index is -0.443. The zero-order valence-electron chi connectivity index (χ0n) is 15.4. The van der Waals surface area contributed by atoms with E-state index in [2.05, 4.69) is 6.07 Å². The molecule has 0 saturated heterocycles. The Labute approximate surface area is 171 Å². The summed E-state index contributed by atoms with van der Waals surface area (Å²) in [7, 11) is 1.58. The Balaban J connectivity index is 1.73. The van der Waals surface area contributed by atoms with E-state index in [1.807, 2.05) is 24.3 Å². The standard InChI is InChI=1S/C22H16N2O4S/c1-26-14-5-2-4-13(10-14)20-16-8-7-15(27-22(25)19-6-3-9-29-19)11-18(16)28-21(24)17(20)12-23/h2-11,20H,24H2,1H3. The molecule has 0 spiro atoms. The molecule has 1 atom stereocenters. The van der Waals surface area contributed by atoms with Gasteiger partial charge in [-0.15, -0.1) is 11.3 Å². The van der Waals surface area contributed by atoms with Crippen molar-refractivity contribution in [2.45, 2.75) is 5.92 Å². The number of nitriles is 1. The van der Waals surface area contributed by atoms with Gasteiger partial charge in [0.25, 0.3) is 0 Å². The van der Waals surface area contributed by atoms with Crippen LogP contribution in [0.2, 0.25) is 0 Å². The SMILES string of the molecule is COc1cccc(C2C(C#N)=C(N)Oc3cc(OC(=O)c4cccs4)ccc32)c1. The molecule has 0 amide bonds. The number of fused-ring (bicyclic) bond motifs is 1. The fourth-order valence-corrected chi connectivity index (χ4v) is 3.81. The van der Waals surface area contributed by atoms with E-state index in [1.54, 1.807) is 42.8 Å². The fraction of sp³-hybridized carbons (Fsp3) is 0.0909. The average Bonchev–Trinajstić information content (AvgIpc) is 3.28. The summed E-state index contributed by atoms with van der Waals surface area (Å²) in [6.45, 7) is 0. The normalized spacial score (nSPS) is 15.1. The molecule has 0 saturated carbocycles. The Hall–Kier alpha value is -3.76. The van der Waals surface area contributed by atoms with E-state index in [1.165, 1.54) is 11.3 Å². The molecule has 1 unspecified atom stereocenters. The molecule has 0 bridgehead atoms. The maximum absolute atomic E-state index is 12.2. The van der Waals surface area contributed by atoms with Gasteiger partial charge in [-0.3, -0.25) is 0 Å². The fourth-order valence-electron chi connectivity index (χ4n) is 3.22. The smallest absolute Gasteiger partial charge is 0.353 e. The van der Waals surface area contributed by atoms with Gasteiger partial charge in [0.05, 0.1) is 13.0 Å². The van der Waals surface area contributed by atoms with Gasteiger partial charge in [-0.05, 0) is 35.2 Å². The van der Waals surface area contributed by atoms with E-state index >= 15 is 0 Å². The lowest BCUT2D eigenvalue weighted by Gasteiger charge is -2.27. The van der Waals surface area contributed by atoms with Gasteiger partial charge in [-0.2, -0.15) is 5.26 Å². The molecule has 2 heterocycles. The van der Waals surface area contributed by atoms with Gasteiger partial charge < -0.3 is 19.9 Å². The maximum atomic E-state index is 12.2. The summed E-state index contributed by atoms with van der Waals surface area (Å²) in [6.07, 6.45) is 0. The summed E-state index contributed by atoms with van der Waals surface area (Å²) in [5.74, 6) is 0.607. The zero-order valence-corrected chi connectivity index (χ0v) is 16.2. The molecule has 0 radical (unpaired) electrons. The first kappa shape index (κ1) is 18.6. The van der Waals surface area contributed by atoms with Crippen LogP contribution in [0.4, 0.5) is 0 Å². The average molecular weight is 404 g/mol. The van der Waals surface area contributed by atoms with Crippen LogP contribution in [-0.4, -0.2) is 13.1 Å². The number of nitrogens with two attached hydrogens (primary N) is 1. The van der Waals surface area contributed by atoms with Gasteiger partial charge in [0.2, 0.25) is 5.88 Å². The number of rotatable bonds is 4. The number of hydrogen-bond donors (Lipinski definition) is 1. The van der Waals surface area contributed by atoms with Crippen molar-refractivity contribution in [1.82, 2.24) is 0 Å². The topological polar surface area (TPSA) is 94.6 Å². The number of methoxy groups -OCH3 is 1. The van der Waals surface area contributed by atoms with Crippen LogP contribution in [0.15, 0.2) is 71.4 Å². The number of esters is 1. The second-order valence-corrected chi connectivity index (χ2v) is 7.22. The van der Waals surface area contributed by atoms with Crippen molar-refractivity contribution < 1.29 is 19.0 Å². The van der Waals surface area contributed by atoms with Gasteiger partial charge in [-0.25, -0.2) is 4.79 Å². The van der Waals surface area contributed by atoms with Crippen molar-refractivity contribution in [3.8, 4) is 23.3 Å². The highest BCUT2D eigenvalue weighted by Crippen LogP contribution is 2.44. The van der Waals surface area contributed by atoms with Gasteiger partial charge in [0, 0.05) is 11.6 Å². The maximum Gasteiger partial charge on any atom is 0.353 e. The summed E-state index contributed by atoms with van der Waals surface area (Å²) < 4.78 is 16.4. The van der Waals surface area contributed by atoms with Crippen molar-refractivity contribution in [3.63, 3.8) is 0 Å². The number of benzene rings is 2. The van der Waals surface area contributed by atoms with E-state index in [0.717, 1.165) is 11.1 Å². The Kier molecular flexibility index (Phi) is 4.94. The molecule has 0 aliphatic carbocycles. The lowest BCUT2D eigenvalue weighted by atomic mass is 9.83. The monoisotopic (exact) mass is 404 g/mol. The van der Waals surface area contributed by atoms with E-state index in [4.69, 9.17) is 19.9 Å². The zero-order chi connectivity index (χ0) is 20.4. The second-order valence-electron chi connectivity index (χ2n) is 6.27. The van der Waals surface area contributed by atoms with E-state index in [0.29, 0.717) is 27.7 Å². The number of carbonyl (C=O) groups excluding carboxylic acids is 1. The summed E-state index contributed by atoms with van der Waals surface area (Å²) >= 11 is 1.30. The summed E-state index contributed by atoms with van der Waals surface area (Å²) in [5, 5.41) is 11.5. The number of allylic oxidation sites excluding steroid dienone is 1. The van der Waals surface area contributed by atoms with E-state index < -0.39 is 11.9 Å². The van der Waals surface area contributed by atoms with Crippen LogP contribution in [0.1, 0.15) is 26.7 Å². The highest BCUT2D eigenvalue weighted by Gasteiger charge is 2.31. The third-order valence-electron chi connectivity index (χ3n) is 4.55. The highest BCUT2D eigenvalue weighted by molar-refractivity contribution is 7.12. The minimum Gasteiger partial charge on any atom is -0.497 e. The first-order valence-electron chi connectivity index (χ1n) is 8.72. The van der Waals surface area contributed by atoms with Crippen LogP contribution >= 0.6 is 11.3 Å². The molecule has 1 aromatic heterocycles. The number of hydrogen-bond acceptors (Lipinski definition) is 7. The van der Waals surface area contributed by atoms with Crippen molar-refractivity contribution in [2.75, 3.05) is 7.11 Å². The van der Waals surface area contributed by atoms with Crippen molar-refractivity contribution in [1.29, 1.82) is 5.26 Å². The van der Waals surface area contributed by atoms with Crippen molar-refractivity contribution >= 4 is 17.3 Å². The number of thiophene rings is 1. The molecular formula is C22H16N2O4S. The van der Waals surface area contributed by atoms with Gasteiger partial charge >= 0.3 is 5.97 Å². The van der Waals surface area contributed by atoms with Gasteiger partial charge in [0.15, 0.2) is 0 Å². The van der Waals surface area contributed by atoms with Crippen LogP contribution in [0.25, 0.3) is 0 Å². The molecule has 3 aromatic rings. The summed E-state index contributed by atoms with van der Waals surface area (Å²) in [5.41, 5.74) is 7.94. The molecular weight excluding hydrogens is 388 g/mol. The van der Waals surface area contributed by atoms with Crippen molar-refractivity contribution in [2.24, 2.45) is 5.73 Å². The quantitative estimate of drug-likeness (QED) is 0.517. The predicted molar refractivity (Wildman–Crippen MR) is 108 cm³/mol. The van der Waals surface area contributed by atoms with Gasteiger partial charge in [0.1, 0.15) is 33.8 Å². The molecule has 2 aromatic carbocycles. The Morgan fingerprint density at radius 2 is 2.03 bits per heavy atom. The third-order valence-corrected chi connectivity index (χ3v) is 5.40. The Morgan fingerprint density at radius 3 is 2.76 bits per heavy atom. The molecule has 7 heteroatoms. The molecule has 6 nitrogen and oxygen atoms in total. The predicted octanol–water partition coefficient (Wildman–Crippen LogP) is 4.19. The second kappa shape index (κ2) is 7.70. The lowest BCUT2D eigenvalue weighted by Crippen LogP contribution is -2.21. The third kappa shape index (κ3) is 3.53. The molecule has 29 heavy (non-hydrogen) atoms. The molecule has 1 aliphatic heterocycles. The van der Waals surface area contributed by atoms with Crippen LogP contribution in [-0.2, 0) is 0 Å². The Bertz CT molecular complexity index is 1150. The highest BCUT2D eigenvalue weighted by atomic mass is 32.1. The number of nitrogens with zero attached hydrogens (tertiary/aromatic N) is 1.